The summed E-state index contributed by atoms with van der Waals surface area (Å²) < 4.78 is 26.6. The van der Waals surface area contributed by atoms with Crippen molar-refractivity contribution in [2.75, 3.05) is 26.2 Å². The lowest BCUT2D eigenvalue weighted by atomic mass is 10.1. The molecule has 0 aromatic heterocycles. The van der Waals surface area contributed by atoms with E-state index in [0.29, 0.717) is 42.9 Å². The van der Waals surface area contributed by atoms with E-state index in [1.807, 2.05) is 0 Å². The first-order chi connectivity index (χ1) is 12.0. The third-order valence-corrected chi connectivity index (χ3v) is 4.36. The molecule has 2 aromatic rings. The largest absolute Gasteiger partial charge is 0.335 e. The monoisotopic (exact) mass is 344 g/mol. The topological polar surface area (TPSA) is 40.6 Å². The van der Waals surface area contributed by atoms with Crippen LogP contribution in [0.2, 0.25) is 0 Å². The van der Waals surface area contributed by atoms with E-state index in [0.717, 1.165) is 0 Å². The smallest absolute Gasteiger partial charge is 0.254 e. The summed E-state index contributed by atoms with van der Waals surface area (Å²) in [5, 5.41) is 0. The molecule has 0 aliphatic carbocycles. The second kappa shape index (κ2) is 7.01. The van der Waals surface area contributed by atoms with E-state index < -0.39 is 11.6 Å². The molecule has 0 bridgehead atoms. The van der Waals surface area contributed by atoms with Crippen LogP contribution in [0.25, 0.3) is 0 Å². The third-order valence-electron chi connectivity index (χ3n) is 4.36. The molecule has 0 saturated carbocycles. The maximum atomic E-state index is 13.6. The first-order valence-corrected chi connectivity index (χ1v) is 8.06. The van der Waals surface area contributed by atoms with Crippen LogP contribution >= 0.6 is 0 Å². The minimum atomic E-state index is -0.407. The van der Waals surface area contributed by atoms with Crippen LogP contribution < -0.4 is 0 Å². The Hall–Kier alpha value is -2.76. The van der Waals surface area contributed by atoms with E-state index in [1.54, 1.807) is 28.9 Å². The Morgan fingerprint density at radius 1 is 0.800 bits per heavy atom. The highest BCUT2D eigenvalue weighted by atomic mass is 19.1. The molecule has 3 rings (SSSR count). The van der Waals surface area contributed by atoms with Crippen molar-refractivity contribution in [2.24, 2.45) is 0 Å². The Morgan fingerprint density at radius 2 is 1.28 bits per heavy atom. The number of rotatable bonds is 2. The lowest BCUT2D eigenvalue weighted by molar-refractivity contribution is 0.0535. The molecular weight excluding hydrogens is 326 g/mol. The predicted molar refractivity (Wildman–Crippen MR) is 89.3 cm³/mol. The van der Waals surface area contributed by atoms with Gasteiger partial charge in [0.1, 0.15) is 11.6 Å². The van der Waals surface area contributed by atoms with Gasteiger partial charge >= 0.3 is 0 Å². The van der Waals surface area contributed by atoms with E-state index in [-0.39, 0.29) is 11.8 Å². The lowest BCUT2D eigenvalue weighted by Gasteiger charge is -2.35. The quantitative estimate of drug-likeness (QED) is 0.841. The molecular formula is C19H18F2N2O2. The minimum absolute atomic E-state index is 0.187. The van der Waals surface area contributed by atoms with Crippen LogP contribution in [0.15, 0.2) is 42.5 Å². The standard InChI is InChI=1S/C19H18F2N2O2/c1-13-2-3-15(12-17(13)21)19(25)23-10-8-22(9-11-23)18(24)14-4-6-16(20)7-5-14/h2-7,12H,8-11H2,1H3. The maximum absolute atomic E-state index is 13.6. The zero-order chi connectivity index (χ0) is 18.0. The van der Waals surface area contributed by atoms with Gasteiger partial charge in [-0.15, -0.1) is 0 Å². The van der Waals surface area contributed by atoms with Crippen LogP contribution in [0.4, 0.5) is 8.78 Å². The van der Waals surface area contributed by atoms with Gasteiger partial charge in [0.05, 0.1) is 0 Å². The first kappa shape index (κ1) is 17.1. The van der Waals surface area contributed by atoms with Crippen LogP contribution in [0, 0.1) is 18.6 Å². The summed E-state index contributed by atoms with van der Waals surface area (Å²) in [6.45, 7) is 3.17. The number of carbonyl (C=O) groups excluding carboxylic acids is 2. The summed E-state index contributed by atoms with van der Waals surface area (Å²) in [4.78, 5) is 28.1. The van der Waals surface area contributed by atoms with Crippen LogP contribution in [0.3, 0.4) is 0 Å². The molecule has 0 N–H and O–H groups in total. The van der Waals surface area contributed by atoms with E-state index in [9.17, 15) is 18.4 Å². The molecule has 0 radical (unpaired) electrons. The van der Waals surface area contributed by atoms with E-state index in [2.05, 4.69) is 0 Å². The average Bonchev–Trinajstić information content (AvgIpc) is 2.63. The van der Waals surface area contributed by atoms with Crippen molar-refractivity contribution in [3.05, 3.63) is 70.8 Å². The number of halogens is 2. The summed E-state index contributed by atoms with van der Waals surface area (Å²) in [7, 11) is 0. The Bertz CT molecular complexity index is 798. The van der Waals surface area contributed by atoms with Gasteiger partial charge in [0.15, 0.2) is 0 Å². The van der Waals surface area contributed by atoms with Gasteiger partial charge in [0.25, 0.3) is 11.8 Å². The van der Waals surface area contributed by atoms with E-state index in [1.165, 1.54) is 30.3 Å². The number of aryl methyl sites for hydroxylation is 1. The van der Waals surface area contributed by atoms with Crippen LogP contribution in [-0.4, -0.2) is 47.8 Å². The molecule has 25 heavy (non-hydrogen) atoms. The fourth-order valence-corrected chi connectivity index (χ4v) is 2.80. The van der Waals surface area contributed by atoms with Gasteiger partial charge in [0, 0.05) is 37.3 Å². The highest BCUT2D eigenvalue weighted by Gasteiger charge is 2.25. The summed E-state index contributed by atoms with van der Waals surface area (Å²) in [6.07, 6.45) is 0. The molecule has 2 amide bonds. The number of nitrogens with zero attached hydrogens (tertiary/aromatic N) is 2. The molecule has 1 aliphatic rings. The molecule has 1 aliphatic heterocycles. The van der Waals surface area contributed by atoms with Gasteiger partial charge in [-0.05, 0) is 48.9 Å². The number of amides is 2. The van der Waals surface area contributed by atoms with Crippen molar-refractivity contribution >= 4 is 11.8 Å². The Morgan fingerprint density at radius 3 is 1.80 bits per heavy atom. The summed E-state index contributed by atoms with van der Waals surface area (Å²) in [5.41, 5.74) is 1.22. The molecule has 1 heterocycles. The fourth-order valence-electron chi connectivity index (χ4n) is 2.80. The minimum Gasteiger partial charge on any atom is -0.335 e. The van der Waals surface area contributed by atoms with E-state index >= 15 is 0 Å². The Balaban J connectivity index is 1.63. The fraction of sp³-hybridized carbons (Fsp3) is 0.263. The zero-order valence-corrected chi connectivity index (χ0v) is 13.8. The first-order valence-electron chi connectivity index (χ1n) is 8.06. The van der Waals surface area contributed by atoms with Crippen molar-refractivity contribution < 1.29 is 18.4 Å². The molecule has 6 heteroatoms. The SMILES string of the molecule is Cc1ccc(C(=O)N2CCN(C(=O)c3ccc(F)cc3)CC2)cc1F. The zero-order valence-electron chi connectivity index (χ0n) is 13.8. The van der Waals surface area contributed by atoms with Crippen molar-refractivity contribution in [3.8, 4) is 0 Å². The van der Waals surface area contributed by atoms with Gasteiger partial charge in [-0.1, -0.05) is 6.07 Å². The van der Waals surface area contributed by atoms with Crippen LogP contribution in [-0.2, 0) is 0 Å². The third kappa shape index (κ3) is 3.68. The Kier molecular flexibility index (Phi) is 4.79. The van der Waals surface area contributed by atoms with Crippen LogP contribution in [0.5, 0.6) is 0 Å². The van der Waals surface area contributed by atoms with Crippen molar-refractivity contribution in [1.29, 1.82) is 0 Å². The molecule has 1 saturated heterocycles. The summed E-state index contributed by atoms with van der Waals surface area (Å²) >= 11 is 0. The van der Waals surface area contributed by atoms with Gasteiger partial charge in [-0.25, -0.2) is 8.78 Å². The highest BCUT2D eigenvalue weighted by molar-refractivity contribution is 5.96. The predicted octanol–water partition coefficient (Wildman–Crippen LogP) is 2.87. The number of hydrogen-bond donors (Lipinski definition) is 0. The van der Waals surface area contributed by atoms with Gasteiger partial charge < -0.3 is 9.80 Å². The molecule has 1 fully saturated rings. The highest BCUT2D eigenvalue weighted by Crippen LogP contribution is 2.15. The van der Waals surface area contributed by atoms with Gasteiger partial charge in [-0.2, -0.15) is 0 Å². The number of carbonyl (C=O) groups is 2. The molecule has 4 nitrogen and oxygen atoms in total. The molecule has 2 aromatic carbocycles. The number of benzene rings is 2. The lowest BCUT2D eigenvalue weighted by Crippen LogP contribution is -2.50. The van der Waals surface area contributed by atoms with Gasteiger partial charge in [0.2, 0.25) is 0 Å². The van der Waals surface area contributed by atoms with Crippen molar-refractivity contribution in [2.45, 2.75) is 6.92 Å². The number of hydrogen-bond acceptors (Lipinski definition) is 2. The van der Waals surface area contributed by atoms with Crippen molar-refractivity contribution in [1.82, 2.24) is 9.80 Å². The summed E-state index contributed by atoms with van der Waals surface area (Å²) in [6, 6.07) is 9.83. The summed E-state index contributed by atoms with van der Waals surface area (Å²) in [5.74, 6) is -1.23. The maximum Gasteiger partial charge on any atom is 0.254 e. The normalized spacial score (nSPS) is 14.5. The second-order valence-electron chi connectivity index (χ2n) is 6.06. The molecule has 0 spiro atoms. The molecule has 0 unspecified atom stereocenters. The number of piperazine rings is 1. The van der Waals surface area contributed by atoms with Gasteiger partial charge in [-0.3, -0.25) is 9.59 Å². The van der Waals surface area contributed by atoms with Crippen molar-refractivity contribution in [3.63, 3.8) is 0 Å². The average molecular weight is 344 g/mol. The van der Waals surface area contributed by atoms with E-state index in [4.69, 9.17) is 0 Å². The second-order valence-corrected chi connectivity index (χ2v) is 6.06. The Labute approximate surface area is 144 Å². The molecule has 0 atom stereocenters. The van der Waals surface area contributed by atoms with Crippen LogP contribution in [0.1, 0.15) is 26.3 Å². The molecule has 130 valence electrons.